The molecule has 2 aromatic rings. The zero-order chi connectivity index (χ0) is 18.0. The molecule has 3 rings (SSSR count). The lowest BCUT2D eigenvalue weighted by Crippen LogP contribution is -2.31. The van der Waals surface area contributed by atoms with Crippen molar-refractivity contribution in [2.24, 2.45) is 5.92 Å². The Bertz CT molecular complexity index is 726. The van der Waals surface area contributed by atoms with E-state index >= 15 is 0 Å². The van der Waals surface area contributed by atoms with Crippen LogP contribution in [0, 0.1) is 5.92 Å². The number of carbonyl (C=O) groups is 1. The normalized spacial score (nSPS) is 20.4. The van der Waals surface area contributed by atoms with E-state index in [0.717, 1.165) is 17.7 Å². The van der Waals surface area contributed by atoms with Crippen LogP contribution in [0.25, 0.3) is 0 Å². The number of pyridine rings is 1. The first-order chi connectivity index (χ1) is 12.0. The van der Waals surface area contributed by atoms with Gasteiger partial charge < -0.3 is 10.0 Å². The summed E-state index contributed by atoms with van der Waals surface area (Å²) >= 11 is 0. The number of aliphatic hydroxyl groups excluding tert-OH is 1. The van der Waals surface area contributed by atoms with Crippen molar-refractivity contribution in [1.82, 2.24) is 19.7 Å². The molecule has 1 aliphatic heterocycles. The van der Waals surface area contributed by atoms with Crippen LogP contribution in [0.3, 0.4) is 0 Å². The molecule has 1 aliphatic rings. The van der Waals surface area contributed by atoms with Gasteiger partial charge in [-0.05, 0) is 43.0 Å². The maximum absolute atomic E-state index is 13.0. The summed E-state index contributed by atoms with van der Waals surface area (Å²) in [5.41, 5.74) is 2.68. The molecule has 6 nitrogen and oxygen atoms in total. The quantitative estimate of drug-likeness (QED) is 0.903. The fourth-order valence-electron chi connectivity index (χ4n) is 3.34. The average Bonchev–Trinajstić information content (AvgIpc) is 3.19. The molecule has 0 spiro atoms. The number of hydrogen-bond donors (Lipinski definition) is 1. The van der Waals surface area contributed by atoms with Gasteiger partial charge in [-0.15, -0.1) is 0 Å². The van der Waals surface area contributed by atoms with Gasteiger partial charge in [0.2, 0.25) is 0 Å². The fraction of sp³-hybridized carbons (Fsp3) is 0.526. The van der Waals surface area contributed by atoms with Crippen LogP contribution in [-0.4, -0.2) is 49.9 Å². The third kappa shape index (κ3) is 3.74. The minimum absolute atomic E-state index is 0.0440. The second-order valence-electron chi connectivity index (χ2n) is 7.02. The highest BCUT2D eigenvalue weighted by molar-refractivity contribution is 5.93. The first kappa shape index (κ1) is 17.6. The van der Waals surface area contributed by atoms with Crippen molar-refractivity contribution in [1.29, 1.82) is 0 Å². The first-order valence-electron chi connectivity index (χ1n) is 8.93. The van der Waals surface area contributed by atoms with Crippen molar-refractivity contribution in [3.05, 3.63) is 47.5 Å². The van der Waals surface area contributed by atoms with E-state index in [4.69, 9.17) is 0 Å². The summed E-state index contributed by atoms with van der Waals surface area (Å²) < 4.78 is 1.76. The minimum Gasteiger partial charge on any atom is -0.391 e. The van der Waals surface area contributed by atoms with E-state index in [-0.39, 0.29) is 17.7 Å². The molecule has 2 atom stereocenters. The predicted molar refractivity (Wildman–Crippen MR) is 95.3 cm³/mol. The Kier molecular flexibility index (Phi) is 5.18. The zero-order valence-electron chi connectivity index (χ0n) is 15.1. The molecule has 6 heteroatoms. The molecule has 25 heavy (non-hydrogen) atoms. The number of rotatable bonds is 5. The van der Waals surface area contributed by atoms with Gasteiger partial charge in [0.15, 0.2) is 0 Å². The molecular weight excluding hydrogens is 316 g/mol. The minimum atomic E-state index is -0.500. The van der Waals surface area contributed by atoms with Gasteiger partial charge in [-0.3, -0.25) is 14.5 Å². The van der Waals surface area contributed by atoms with Crippen LogP contribution in [-0.2, 0) is 13.0 Å². The molecule has 1 amide bonds. The molecule has 3 heterocycles. The van der Waals surface area contributed by atoms with Gasteiger partial charge >= 0.3 is 0 Å². The summed E-state index contributed by atoms with van der Waals surface area (Å²) in [7, 11) is 0. The van der Waals surface area contributed by atoms with Crippen LogP contribution >= 0.6 is 0 Å². The van der Waals surface area contributed by atoms with Crippen LogP contribution in [0.15, 0.2) is 30.6 Å². The van der Waals surface area contributed by atoms with Crippen LogP contribution < -0.4 is 0 Å². The lowest BCUT2D eigenvalue weighted by molar-refractivity contribution is 0.0752. The number of aryl methyl sites for hydroxylation is 1. The summed E-state index contributed by atoms with van der Waals surface area (Å²) in [5.74, 6) is 0.286. The number of β-amino-alcohol motifs (C(OH)–C–C–N with tert-alkyl or cyclic N) is 1. The summed E-state index contributed by atoms with van der Waals surface area (Å²) in [6, 6.07) is 5.80. The number of carbonyl (C=O) groups excluding carboxylic acids is 1. The predicted octanol–water partition coefficient (Wildman–Crippen LogP) is 2.10. The largest absolute Gasteiger partial charge is 0.391 e. The number of nitrogens with zero attached hydrogens (tertiary/aromatic N) is 4. The number of hydrogen-bond acceptors (Lipinski definition) is 4. The van der Waals surface area contributed by atoms with Crippen molar-refractivity contribution in [2.75, 3.05) is 13.1 Å². The number of aliphatic hydroxyl groups is 1. The van der Waals surface area contributed by atoms with Crippen LogP contribution in [0.2, 0.25) is 0 Å². The van der Waals surface area contributed by atoms with Crippen molar-refractivity contribution < 1.29 is 9.90 Å². The zero-order valence-corrected chi connectivity index (χ0v) is 15.1. The SMILES string of the molecule is CCn1nc(C(C)C)cc1C(=O)N1C[C@@H](Cc2ccncc2)[C@@H](O)C1. The maximum atomic E-state index is 13.0. The van der Waals surface area contributed by atoms with Crippen LogP contribution in [0.5, 0.6) is 0 Å². The standard InChI is InChI=1S/C19H26N4O2/c1-4-23-17(10-16(21-23)13(2)3)19(25)22-11-15(18(24)12-22)9-14-5-7-20-8-6-14/h5-8,10,13,15,18,24H,4,9,11-12H2,1-3H3/t15-,18+/m1/s1. The number of amides is 1. The molecule has 0 aromatic carbocycles. The first-order valence-corrected chi connectivity index (χ1v) is 8.93. The van der Waals surface area contributed by atoms with E-state index in [0.29, 0.717) is 25.3 Å². The van der Waals surface area contributed by atoms with Crippen molar-refractivity contribution in [2.45, 2.75) is 45.8 Å². The molecule has 1 N–H and O–H groups in total. The Morgan fingerprint density at radius 2 is 2.04 bits per heavy atom. The Hall–Kier alpha value is -2.21. The Morgan fingerprint density at radius 3 is 2.68 bits per heavy atom. The molecular formula is C19H26N4O2. The van der Waals surface area contributed by atoms with E-state index in [1.807, 2.05) is 25.1 Å². The highest BCUT2D eigenvalue weighted by atomic mass is 16.3. The second kappa shape index (κ2) is 7.35. The summed E-state index contributed by atoms with van der Waals surface area (Å²) in [6.45, 7) is 7.72. The number of aromatic nitrogens is 3. The molecule has 0 aliphatic carbocycles. The van der Waals surface area contributed by atoms with Crippen LogP contribution in [0.1, 0.15) is 48.4 Å². The Labute approximate surface area is 148 Å². The number of likely N-dealkylation sites (tertiary alicyclic amines) is 1. The van der Waals surface area contributed by atoms with Gasteiger partial charge in [0, 0.05) is 37.9 Å². The van der Waals surface area contributed by atoms with Gasteiger partial charge in [-0.1, -0.05) is 13.8 Å². The van der Waals surface area contributed by atoms with Gasteiger partial charge in [-0.25, -0.2) is 0 Å². The van der Waals surface area contributed by atoms with Gasteiger partial charge in [0.05, 0.1) is 11.8 Å². The summed E-state index contributed by atoms with van der Waals surface area (Å²) in [5, 5.41) is 14.9. The van der Waals surface area contributed by atoms with Gasteiger partial charge in [-0.2, -0.15) is 5.10 Å². The van der Waals surface area contributed by atoms with E-state index < -0.39 is 6.10 Å². The molecule has 2 aromatic heterocycles. The molecule has 134 valence electrons. The second-order valence-corrected chi connectivity index (χ2v) is 7.02. The Morgan fingerprint density at radius 1 is 1.32 bits per heavy atom. The van der Waals surface area contributed by atoms with Crippen molar-refractivity contribution in [3.63, 3.8) is 0 Å². The fourth-order valence-corrected chi connectivity index (χ4v) is 3.34. The molecule has 0 radical (unpaired) electrons. The lowest BCUT2D eigenvalue weighted by Gasteiger charge is -2.16. The average molecular weight is 342 g/mol. The molecule has 1 fully saturated rings. The molecule has 1 saturated heterocycles. The molecule has 0 unspecified atom stereocenters. The highest BCUT2D eigenvalue weighted by Crippen LogP contribution is 2.24. The van der Waals surface area contributed by atoms with E-state index in [1.165, 1.54) is 0 Å². The van der Waals surface area contributed by atoms with E-state index in [9.17, 15) is 9.90 Å². The molecule has 0 saturated carbocycles. The topological polar surface area (TPSA) is 71.2 Å². The highest BCUT2D eigenvalue weighted by Gasteiger charge is 2.35. The third-order valence-electron chi connectivity index (χ3n) is 4.85. The molecule has 0 bridgehead atoms. The van der Waals surface area contributed by atoms with Gasteiger partial charge in [0.25, 0.3) is 5.91 Å². The van der Waals surface area contributed by atoms with Crippen molar-refractivity contribution in [3.8, 4) is 0 Å². The summed E-state index contributed by atoms with van der Waals surface area (Å²) in [6.07, 6.45) is 3.76. The maximum Gasteiger partial charge on any atom is 0.272 e. The third-order valence-corrected chi connectivity index (χ3v) is 4.85. The van der Waals surface area contributed by atoms with Crippen molar-refractivity contribution >= 4 is 5.91 Å². The smallest absolute Gasteiger partial charge is 0.272 e. The van der Waals surface area contributed by atoms with Gasteiger partial charge in [0.1, 0.15) is 5.69 Å². The van der Waals surface area contributed by atoms with Crippen LogP contribution in [0.4, 0.5) is 0 Å². The summed E-state index contributed by atoms with van der Waals surface area (Å²) in [4.78, 5) is 18.7. The Balaban J connectivity index is 1.73. The van der Waals surface area contributed by atoms with E-state index in [1.54, 1.807) is 22.0 Å². The van der Waals surface area contributed by atoms with E-state index in [2.05, 4.69) is 23.9 Å². The lowest BCUT2D eigenvalue weighted by atomic mass is 9.97. The monoisotopic (exact) mass is 342 g/mol.